The molecule has 2 aromatic carbocycles. The van der Waals surface area contributed by atoms with Crippen LogP contribution in [0.2, 0.25) is 0 Å². The Morgan fingerprint density at radius 3 is 2.63 bits per heavy atom. The van der Waals surface area contributed by atoms with Crippen LogP contribution in [-0.4, -0.2) is 44.6 Å². The van der Waals surface area contributed by atoms with Crippen molar-refractivity contribution in [1.82, 2.24) is 10.7 Å². The van der Waals surface area contributed by atoms with Crippen LogP contribution >= 0.6 is 12.2 Å². The SMILES string of the molecule is C=CCNC(=S)N/N=C/c1ccc(OCC(=O)Nc2ccccc2OC)c(OC)c1. The molecule has 0 atom stereocenters. The molecule has 0 heterocycles. The standard InChI is InChI=1S/C21H24N4O4S/c1-4-11-22-21(30)25-23-13-15-9-10-18(19(12-15)28-3)29-14-20(26)24-16-7-5-6-8-17(16)27-2/h4-10,12-13H,1,11,14H2,2-3H3,(H,24,26)(H2,22,25,30)/b23-13+. The van der Waals surface area contributed by atoms with E-state index in [1.54, 1.807) is 48.7 Å². The molecule has 0 aliphatic rings. The number of hydrazone groups is 1. The van der Waals surface area contributed by atoms with Gasteiger partial charge in [0.2, 0.25) is 0 Å². The first-order valence-corrected chi connectivity index (χ1v) is 9.39. The number of nitrogens with zero attached hydrogens (tertiary/aromatic N) is 1. The number of carbonyl (C=O) groups excluding carboxylic acids is 1. The zero-order chi connectivity index (χ0) is 21.8. The van der Waals surface area contributed by atoms with Gasteiger partial charge in [-0.2, -0.15) is 5.10 Å². The molecule has 0 aliphatic heterocycles. The third-order valence-electron chi connectivity index (χ3n) is 3.71. The minimum Gasteiger partial charge on any atom is -0.495 e. The summed E-state index contributed by atoms with van der Waals surface area (Å²) in [5.74, 6) is 1.15. The molecule has 2 aromatic rings. The Bertz CT molecular complexity index is 918. The summed E-state index contributed by atoms with van der Waals surface area (Å²) >= 11 is 5.05. The van der Waals surface area contributed by atoms with Crippen LogP contribution in [0.25, 0.3) is 0 Å². The summed E-state index contributed by atoms with van der Waals surface area (Å²) < 4.78 is 16.2. The number of amides is 1. The molecule has 0 aliphatic carbocycles. The fourth-order valence-electron chi connectivity index (χ4n) is 2.33. The lowest BCUT2D eigenvalue weighted by Crippen LogP contribution is -2.31. The maximum Gasteiger partial charge on any atom is 0.262 e. The molecule has 8 nitrogen and oxygen atoms in total. The van der Waals surface area contributed by atoms with Crippen molar-refractivity contribution in [3.8, 4) is 17.2 Å². The van der Waals surface area contributed by atoms with E-state index >= 15 is 0 Å². The van der Waals surface area contributed by atoms with E-state index in [4.69, 9.17) is 26.4 Å². The van der Waals surface area contributed by atoms with E-state index in [0.29, 0.717) is 34.6 Å². The van der Waals surface area contributed by atoms with E-state index in [-0.39, 0.29) is 12.5 Å². The average Bonchev–Trinajstić information content (AvgIpc) is 2.77. The molecule has 158 valence electrons. The average molecular weight is 429 g/mol. The number of nitrogens with one attached hydrogen (secondary N) is 3. The third-order valence-corrected chi connectivity index (χ3v) is 3.95. The van der Waals surface area contributed by atoms with Gasteiger partial charge in [0.25, 0.3) is 5.91 Å². The second-order valence-corrected chi connectivity index (χ2v) is 6.22. The third kappa shape index (κ3) is 7.10. The van der Waals surface area contributed by atoms with Crippen LogP contribution in [-0.2, 0) is 4.79 Å². The van der Waals surface area contributed by atoms with Gasteiger partial charge in [-0.05, 0) is 48.1 Å². The number of hydrogen-bond donors (Lipinski definition) is 3. The fraction of sp³-hybridized carbons (Fsp3) is 0.190. The molecular weight excluding hydrogens is 404 g/mol. The summed E-state index contributed by atoms with van der Waals surface area (Å²) in [6.07, 6.45) is 3.28. The van der Waals surface area contributed by atoms with Gasteiger partial charge in [0, 0.05) is 6.54 Å². The largest absolute Gasteiger partial charge is 0.495 e. The number of hydrogen-bond acceptors (Lipinski definition) is 6. The van der Waals surface area contributed by atoms with Crippen LogP contribution in [0.5, 0.6) is 17.2 Å². The van der Waals surface area contributed by atoms with E-state index in [2.05, 4.69) is 27.7 Å². The van der Waals surface area contributed by atoms with Gasteiger partial charge >= 0.3 is 0 Å². The molecular formula is C21H24N4O4S. The number of thiocarbonyl (C=S) groups is 1. The summed E-state index contributed by atoms with van der Waals surface area (Å²) in [5.41, 5.74) is 4.03. The monoisotopic (exact) mass is 428 g/mol. The molecule has 9 heteroatoms. The van der Waals surface area contributed by atoms with Crippen molar-refractivity contribution in [2.24, 2.45) is 5.10 Å². The number of anilines is 1. The molecule has 0 unspecified atom stereocenters. The molecule has 30 heavy (non-hydrogen) atoms. The van der Waals surface area contributed by atoms with Gasteiger partial charge in [0.05, 0.1) is 26.1 Å². The lowest BCUT2D eigenvalue weighted by molar-refractivity contribution is -0.118. The number of ether oxygens (including phenoxy) is 3. The lowest BCUT2D eigenvalue weighted by Gasteiger charge is -2.12. The summed E-state index contributed by atoms with van der Waals surface area (Å²) in [5, 5.41) is 10.1. The van der Waals surface area contributed by atoms with Crippen molar-refractivity contribution < 1.29 is 19.0 Å². The Morgan fingerprint density at radius 2 is 1.90 bits per heavy atom. The van der Waals surface area contributed by atoms with Crippen molar-refractivity contribution in [3.05, 3.63) is 60.7 Å². The molecule has 2 rings (SSSR count). The molecule has 1 amide bonds. The van der Waals surface area contributed by atoms with E-state index < -0.39 is 0 Å². The van der Waals surface area contributed by atoms with Crippen LogP contribution in [0.4, 0.5) is 5.69 Å². The normalized spacial score (nSPS) is 10.2. The highest BCUT2D eigenvalue weighted by Gasteiger charge is 2.10. The van der Waals surface area contributed by atoms with Crippen LogP contribution < -0.4 is 30.3 Å². The molecule has 0 radical (unpaired) electrons. The minimum atomic E-state index is -0.322. The van der Waals surface area contributed by atoms with Crippen molar-refractivity contribution in [1.29, 1.82) is 0 Å². The summed E-state index contributed by atoms with van der Waals surface area (Å²) in [6.45, 7) is 3.96. The topological polar surface area (TPSA) is 93.2 Å². The molecule has 0 saturated carbocycles. The zero-order valence-corrected chi connectivity index (χ0v) is 17.6. The second-order valence-electron chi connectivity index (χ2n) is 5.82. The van der Waals surface area contributed by atoms with Gasteiger partial charge in [0.15, 0.2) is 23.2 Å². The number of rotatable bonds is 10. The Morgan fingerprint density at radius 1 is 1.13 bits per heavy atom. The lowest BCUT2D eigenvalue weighted by atomic mass is 10.2. The van der Waals surface area contributed by atoms with E-state index in [0.717, 1.165) is 5.56 Å². The number of para-hydroxylation sites is 2. The predicted molar refractivity (Wildman–Crippen MR) is 122 cm³/mol. The Balaban J connectivity index is 1.93. The maximum absolute atomic E-state index is 12.2. The molecule has 0 bridgehead atoms. The Kier molecular flexibility index (Phi) is 9.14. The van der Waals surface area contributed by atoms with Gasteiger partial charge in [-0.15, -0.1) is 6.58 Å². The smallest absolute Gasteiger partial charge is 0.262 e. The fourth-order valence-corrected chi connectivity index (χ4v) is 2.47. The molecule has 3 N–H and O–H groups in total. The van der Waals surface area contributed by atoms with Crippen LogP contribution in [0.1, 0.15) is 5.56 Å². The van der Waals surface area contributed by atoms with Gasteiger partial charge in [-0.3, -0.25) is 10.2 Å². The van der Waals surface area contributed by atoms with Crippen molar-refractivity contribution in [2.45, 2.75) is 0 Å². The summed E-state index contributed by atoms with van der Waals surface area (Å²) in [6, 6.07) is 12.3. The maximum atomic E-state index is 12.2. The van der Waals surface area contributed by atoms with Crippen LogP contribution in [0.15, 0.2) is 60.2 Å². The van der Waals surface area contributed by atoms with E-state index in [1.807, 2.05) is 6.07 Å². The first-order valence-electron chi connectivity index (χ1n) is 8.99. The van der Waals surface area contributed by atoms with Gasteiger partial charge in [0.1, 0.15) is 5.75 Å². The Labute approximate surface area is 180 Å². The van der Waals surface area contributed by atoms with Crippen LogP contribution in [0.3, 0.4) is 0 Å². The number of carbonyl (C=O) groups is 1. The summed E-state index contributed by atoms with van der Waals surface area (Å²) in [4.78, 5) is 12.2. The molecule has 0 aromatic heterocycles. The highest BCUT2D eigenvalue weighted by Crippen LogP contribution is 2.28. The highest BCUT2D eigenvalue weighted by molar-refractivity contribution is 7.80. The first kappa shape index (κ1) is 22.7. The predicted octanol–water partition coefficient (Wildman–Crippen LogP) is 2.71. The van der Waals surface area contributed by atoms with Gasteiger partial charge in [-0.1, -0.05) is 18.2 Å². The number of benzene rings is 2. The van der Waals surface area contributed by atoms with Crippen molar-refractivity contribution in [2.75, 3.05) is 32.7 Å². The van der Waals surface area contributed by atoms with Crippen molar-refractivity contribution in [3.63, 3.8) is 0 Å². The second kappa shape index (κ2) is 12.1. The van der Waals surface area contributed by atoms with Crippen LogP contribution in [0, 0.1) is 0 Å². The first-order chi connectivity index (χ1) is 14.6. The zero-order valence-electron chi connectivity index (χ0n) is 16.8. The van der Waals surface area contributed by atoms with Crippen molar-refractivity contribution >= 4 is 35.1 Å². The quantitative estimate of drug-likeness (QED) is 0.232. The molecule has 0 fully saturated rings. The summed E-state index contributed by atoms with van der Waals surface area (Å²) in [7, 11) is 3.06. The number of methoxy groups -OCH3 is 2. The van der Waals surface area contributed by atoms with Gasteiger partial charge in [-0.25, -0.2) is 0 Å². The van der Waals surface area contributed by atoms with Gasteiger partial charge < -0.3 is 24.8 Å². The van der Waals surface area contributed by atoms with E-state index in [9.17, 15) is 4.79 Å². The molecule has 0 saturated heterocycles. The highest BCUT2D eigenvalue weighted by atomic mass is 32.1. The van der Waals surface area contributed by atoms with E-state index in [1.165, 1.54) is 14.2 Å². The molecule has 0 spiro atoms. The Hall–Kier alpha value is -3.59. The minimum absolute atomic E-state index is 0.188.